The quantitative estimate of drug-likeness (QED) is 0.768. The maximum absolute atomic E-state index is 12.5. The number of halogens is 3. The van der Waals surface area contributed by atoms with Gasteiger partial charge in [0.2, 0.25) is 0 Å². The maximum atomic E-state index is 12.5. The molecule has 0 fully saturated rings. The standard InChI is InChI=1S/C10H10F3NO/c1-6-7(9(15)14-2)4-3-5-8(6)10(11,12)13/h3-5H,1-2H3,(H,14,15). The molecule has 0 aliphatic rings. The number of carbonyl (C=O) groups excluding carboxylic acids is 1. The summed E-state index contributed by atoms with van der Waals surface area (Å²) in [4.78, 5) is 11.2. The minimum atomic E-state index is -4.42. The Labute approximate surface area is 85.1 Å². The van der Waals surface area contributed by atoms with E-state index in [0.29, 0.717) is 0 Å². The molecule has 0 aliphatic carbocycles. The van der Waals surface area contributed by atoms with Crippen LogP contribution in [0.5, 0.6) is 0 Å². The molecular weight excluding hydrogens is 207 g/mol. The molecule has 0 atom stereocenters. The Morgan fingerprint density at radius 2 is 1.93 bits per heavy atom. The van der Waals surface area contributed by atoms with Crippen molar-refractivity contribution in [3.05, 3.63) is 34.9 Å². The van der Waals surface area contributed by atoms with Crippen LogP contribution in [0.4, 0.5) is 13.2 Å². The van der Waals surface area contributed by atoms with Crippen molar-refractivity contribution < 1.29 is 18.0 Å². The van der Waals surface area contributed by atoms with E-state index < -0.39 is 17.6 Å². The summed E-state index contributed by atoms with van der Waals surface area (Å²) >= 11 is 0. The Hall–Kier alpha value is -1.52. The highest BCUT2D eigenvalue weighted by Crippen LogP contribution is 2.32. The van der Waals surface area contributed by atoms with Gasteiger partial charge in [0.1, 0.15) is 0 Å². The van der Waals surface area contributed by atoms with Gasteiger partial charge in [-0.3, -0.25) is 4.79 Å². The molecule has 0 heterocycles. The highest BCUT2D eigenvalue weighted by atomic mass is 19.4. The molecule has 0 bridgehead atoms. The molecule has 1 rings (SSSR count). The van der Waals surface area contributed by atoms with Crippen molar-refractivity contribution in [2.24, 2.45) is 0 Å². The molecule has 15 heavy (non-hydrogen) atoms. The Kier molecular flexibility index (Phi) is 3.02. The van der Waals surface area contributed by atoms with E-state index in [-0.39, 0.29) is 11.1 Å². The van der Waals surface area contributed by atoms with E-state index in [9.17, 15) is 18.0 Å². The van der Waals surface area contributed by atoms with Gasteiger partial charge < -0.3 is 5.32 Å². The van der Waals surface area contributed by atoms with Gasteiger partial charge in [-0.05, 0) is 24.6 Å². The van der Waals surface area contributed by atoms with E-state index >= 15 is 0 Å². The number of hydrogen-bond donors (Lipinski definition) is 1. The third-order valence-electron chi connectivity index (χ3n) is 2.11. The first-order chi connectivity index (χ1) is 6.88. The highest BCUT2D eigenvalue weighted by Gasteiger charge is 2.33. The second-order valence-corrected chi connectivity index (χ2v) is 3.06. The summed E-state index contributed by atoms with van der Waals surface area (Å²) in [5, 5.41) is 2.29. The zero-order valence-electron chi connectivity index (χ0n) is 8.27. The van der Waals surface area contributed by atoms with E-state index in [1.165, 1.54) is 26.1 Å². The average Bonchev–Trinajstić information content (AvgIpc) is 2.15. The van der Waals surface area contributed by atoms with Crippen LogP contribution >= 0.6 is 0 Å². The van der Waals surface area contributed by atoms with Crippen molar-refractivity contribution >= 4 is 5.91 Å². The Morgan fingerprint density at radius 3 is 2.40 bits per heavy atom. The molecule has 0 saturated carbocycles. The van der Waals surface area contributed by atoms with Crippen LogP contribution in [-0.4, -0.2) is 13.0 Å². The van der Waals surface area contributed by atoms with Gasteiger partial charge in [-0.1, -0.05) is 6.07 Å². The third kappa shape index (κ3) is 2.29. The van der Waals surface area contributed by atoms with Crippen LogP contribution < -0.4 is 5.32 Å². The van der Waals surface area contributed by atoms with Crippen molar-refractivity contribution in [2.75, 3.05) is 7.05 Å². The van der Waals surface area contributed by atoms with E-state index in [1.807, 2.05) is 0 Å². The summed E-state index contributed by atoms with van der Waals surface area (Å²) in [5.41, 5.74) is -0.778. The first-order valence-electron chi connectivity index (χ1n) is 4.27. The number of nitrogens with one attached hydrogen (secondary N) is 1. The molecule has 0 radical (unpaired) electrons. The van der Waals surface area contributed by atoms with Crippen LogP contribution in [0.1, 0.15) is 21.5 Å². The molecule has 0 aromatic heterocycles. The van der Waals surface area contributed by atoms with Crippen LogP contribution in [0.3, 0.4) is 0 Å². The summed E-state index contributed by atoms with van der Waals surface area (Å²) in [6.45, 7) is 1.29. The number of hydrogen-bond acceptors (Lipinski definition) is 1. The van der Waals surface area contributed by atoms with Gasteiger partial charge in [0.15, 0.2) is 0 Å². The first-order valence-corrected chi connectivity index (χ1v) is 4.27. The van der Waals surface area contributed by atoms with Crippen molar-refractivity contribution in [3.8, 4) is 0 Å². The summed E-state index contributed by atoms with van der Waals surface area (Å²) in [7, 11) is 1.38. The zero-order chi connectivity index (χ0) is 11.6. The molecule has 5 heteroatoms. The van der Waals surface area contributed by atoms with Crippen molar-refractivity contribution in [2.45, 2.75) is 13.1 Å². The number of alkyl halides is 3. The SMILES string of the molecule is CNC(=O)c1cccc(C(F)(F)F)c1C. The van der Waals surface area contributed by atoms with Crippen molar-refractivity contribution in [3.63, 3.8) is 0 Å². The van der Waals surface area contributed by atoms with Crippen LogP contribution in [-0.2, 0) is 6.18 Å². The molecular formula is C10H10F3NO. The Balaban J connectivity index is 3.30. The monoisotopic (exact) mass is 217 g/mol. The number of amides is 1. The number of carbonyl (C=O) groups is 1. The van der Waals surface area contributed by atoms with Gasteiger partial charge in [0, 0.05) is 12.6 Å². The van der Waals surface area contributed by atoms with E-state index in [4.69, 9.17) is 0 Å². The fourth-order valence-electron chi connectivity index (χ4n) is 1.32. The normalized spacial score (nSPS) is 11.3. The second kappa shape index (κ2) is 3.92. The van der Waals surface area contributed by atoms with Gasteiger partial charge in [-0.2, -0.15) is 13.2 Å². The molecule has 0 saturated heterocycles. The lowest BCUT2D eigenvalue weighted by molar-refractivity contribution is -0.138. The smallest absolute Gasteiger partial charge is 0.355 e. The van der Waals surface area contributed by atoms with Crippen LogP contribution in [0, 0.1) is 6.92 Å². The van der Waals surface area contributed by atoms with E-state index in [0.717, 1.165) is 6.07 Å². The van der Waals surface area contributed by atoms with Gasteiger partial charge in [-0.25, -0.2) is 0 Å². The second-order valence-electron chi connectivity index (χ2n) is 3.06. The predicted molar refractivity (Wildman–Crippen MR) is 49.6 cm³/mol. The summed E-state index contributed by atoms with van der Waals surface area (Å²) in [6.07, 6.45) is -4.42. The summed E-state index contributed by atoms with van der Waals surface area (Å²) in [6, 6.07) is 3.55. The van der Waals surface area contributed by atoms with Crippen LogP contribution in [0.25, 0.3) is 0 Å². The lowest BCUT2D eigenvalue weighted by Crippen LogP contribution is -2.20. The largest absolute Gasteiger partial charge is 0.416 e. The highest BCUT2D eigenvalue weighted by molar-refractivity contribution is 5.95. The molecule has 0 aliphatic heterocycles. The molecule has 1 aromatic carbocycles. The maximum Gasteiger partial charge on any atom is 0.416 e. The Morgan fingerprint density at radius 1 is 1.33 bits per heavy atom. The minimum absolute atomic E-state index is 0.0484. The first kappa shape index (κ1) is 11.6. The van der Waals surface area contributed by atoms with E-state index in [2.05, 4.69) is 5.32 Å². The lowest BCUT2D eigenvalue weighted by atomic mass is 10.0. The van der Waals surface area contributed by atoms with Crippen LogP contribution in [0.2, 0.25) is 0 Å². The summed E-state index contributed by atoms with van der Waals surface area (Å²) in [5.74, 6) is -0.515. The van der Waals surface area contributed by atoms with Gasteiger partial charge >= 0.3 is 6.18 Å². The molecule has 1 amide bonds. The lowest BCUT2D eigenvalue weighted by Gasteiger charge is -2.12. The molecule has 82 valence electrons. The topological polar surface area (TPSA) is 29.1 Å². The Bertz CT molecular complexity index is 385. The number of rotatable bonds is 1. The summed E-state index contributed by atoms with van der Waals surface area (Å²) < 4.78 is 37.4. The number of benzene rings is 1. The predicted octanol–water partition coefficient (Wildman–Crippen LogP) is 2.37. The molecule has 2 nitrogen and oxygen atoms in total. The fourth-order valence-corrected chi connectivity index (χ4v) is 1.32. The van der Waals surface area contributed by atoms with Crippen molar-refractivity contribution in [1.82, 2.24) is 5.32 Å². The molecule has 1 N–H and O–H groups in total. The van der Waals surface area contributed by atoms with Gasteiger partial charge in [-0.15, -0.1) is 0 Å². The fraction of sp³-hybridized carbons (Fsp3) is 0.300. The average molecular weight is 217 g/mol. The third-order valence-corrected chi connectivity index (χ3v) is 2.11. The van der Waals surface area contributed by atoms with Crippen LogP contribution in [0.15, 0.2) is 18.2 Å². The van der Waals surface area contributed by atoms with Crippen molar-refractivity contribution in [1.29, 1.82) is 0 Å². The molecule has 1 aromatic rings. The van der Waals surface area contributed by atoms with E-state index in [1.54, 1.807) is 0 Å². The van der Waals surface area contributed by atoms with Gasteiger partial charge in [0.25, 0.3) is 5.91 Å². The molecule has 0 spiro atoms. The molecule has 0 unspecified atom stereocenters. The zero-order valence-corrected chi connectivity index (χ0v) is 8.27. The minimum Gasteiger partial charge on any atom is -0.355 e. The van der Waals surface area contributed by atoms with Gasteiger partial charge in [0.05, 0.1) is 5.56 Å².